The minimum Gasteiger partial charge on any atom is -0.338 e. The van der Waals surface area contributed by atoms with Gasteiger partial charge in [-0.15, -0.1) is 0 Å². The summed E-state index contributed by atoms with van der Waals surface area (Å²) in [5, 5.41) is 4.30. The van der Waals surface area contributed by atoms with E-state index in [4.69, 9.17) is 4.98 Å². The smallest absolute Gasteiger partial charge is 0.257 e. The van der Waals surface area contributed by atoms with Gasteiger partial charge in [0.2, 0.25) is 0 Å². The van der Waals surface area contributed by atoms with Gasteiger partial charge in [0, 0.05) is 43.6 Å². The van der Waals surface area contributed by atoms with E-state index in [-0.39, 0.29) is 17.6 Å². The predicted octanol–water partition coefficient (Wildman–Crippen LogP) is 4.18. The summed E-state index contributed by atoms with van der Waals surface area (Å²) in [5.41, 5.74) is 5.46. The number of benzene rings is 1. The highest BCUT2D eigenvalue weighted by molar-refractivity contribution is 5.95. The van der Waals surface area contributed by atoms with Crippen LogP contribution in [-0.2, 0) is 13.5 Å². The van der Waals surface area contributed by atoms with Crippen molar-refractivity contribution in [1.82, 2.24) is 19.7 Å². The van der Waals surface area contributed by atoms with Crippen molar-refractivity contribution in [3.63, 3.8) is 0 Å². The lowest BCUT2D eigenvalue weighted by molar-refractivity contribution is 0.0705. The van der Waals surface area contributed by atoms with Gasteiger partial charge < -0.3 is 4.90 Å². The van der Waals surface area contributed by atoms with Crippen molar-refractivity contribution in [3.8, 4) is 0 Å². The van der Waals surface area contributed by atoms with Crippen LogP contribution >= 0.6 is 0 Å². The molecule has 0 unspecified atom stereocenters. The number of pyridine rings is 1. The number of nitrogens with zero attached hydrogens (tertiary/aromatic N) is 4. The van der Waals surface area contributed by atoms with Gasteiger partial charge in [-0.25, -0.2) is 4.39 Å². The van der Waals surface area contributed by atoms with Crippen molar-refractivity contribution in [2.75, 3.05) is 13.1 Å². The average molecular weight is 407 g/mol. The summed E-state index contributed by atoms with van der Waals surface area (Å²) in [7, 11) is 1.83. The molecule has 0 saturated carbocycles. The molecule has 3 heterocycles. The Morgan fingerprint density at radius 1 is 1.20 bits per heavy atom. The fraction of sp³-hybridized carbons (Fsp3) is 0.375. The Kier molecular flexibility index (Phi) is 5.66. The summed E-state index contributed by atoms with van der Waals surface area (Å²) in [6, 6.07) is 10.9. The van der Waals surface area contributed by atoms with E-state index in [9.17, 15) is 9.18 Å². The second kappa shape index (κ2) is 8.38. The van der Waals surface area contributed by atoms with Gasteiger partial charge in [0.05, 0.1) is 11.3 Å². The maximum Gasteiger partial charge on any atom is 0.257 e. The van der Waals surface area contributed by atoms with Crippen molar-refractivity contribution < 1.29 is 9.18 Å². The first-order valence-corrected chi connectivity index (χ1v) is 10.4. The Labute approximate surface area is 176 Å². The van der Waals surface area contributed by atoms with E-state index in [0.717, 1.165) is 47.6 Å². The Morgan fingerprint density at radius 2 is 2.03 bits per heavy atom. The molecule has 0 bridgehead atoms. The molecule has 3 aromatic rings. The minimum atomic E-state index is -0.217. The fourth-order valence-electron chi connectivity index (χ4n) is 4.34. The maximum atomic E-state index is 13.6. The summed E-state index contributed by atoms with van der Waals surface area (Å²) in [4.78, 5) is 19.7. The molecule has 2 aromatic heterocycles. The van der Waals surface area contributed by atoms with Crippen LogP contribution in [0.4, 0.5) is 4.39 Å². The number of carbonyl (C=O) groups excluding carboxylic acids is 1. The van der Waals surface area contributed by atoms with Gasteiger partial charge in [-0.05, 0) is 68.5 Å². The number of aryl methyl sites for hydroxylation is 3. The molecule has 4 rings (SSSR count). The van der Waals surface area contributed by atoms with Crippen molar-refractivity contribution in [3.05, 3.63) is 82.2 Å². The lowest BCUT2D eigenvalue weighted by Gasteiger charge is -2.32. The number of carbonyl (C=O) groups is 1. The van der Waals surface area contributed by atoms with E-state index in [1.54, 1.807) is 23.0 Å². The van der Waals surface area contributed by atoms with Crippen LogP contribution in [0.15, 0.2) is 42.6 Å². The van der Waals surface area contributed by atoms with Crippen molar-refractivity contribution in [1.29, 1.82) is 0 Å². The molecule has 0 N–H and O–H groups in total. The number of amides is 1. The molecule has 1 fully saturated rings. The molecule has 1 aromatic carbocycles. The first-order valence-electron chi connectivity index (χ1n) is 10.4. The zero-order valence-electron chi connectivity index (χ0n) is 17.7. The quantitative estimate of drug-likeness (QED) is 0.653. The highest BCUT2D eigenvalue weighted by Crippen LogP contribution is 2.28. The molecule has 0 spiro atoms. The zero-order valence-corrected chi connectivity index (χ0v) is 17.7. The summed E-state index contributed by atoms with van der Waals surface area (Å²) in [6.45, 7) is 5.27. The molecule has 1 aliphatic heterocycles. The Morgan fingerprint density at radius 3 is 2.77 bits per heavy atom. The van der Waals surface area contributed by atoms with Crippen LogP contribution in [0.5, 0.6) is 0 Å². The summed E-state index contributed by atoms with van der Waals surface area (Å²) in [6.07, 6.45) is 4.41. The highest BCUT2D eigenvalue weighted by atomic mass is 19.1. The number of likely N-dealkylation sites (tertiary alicyclic amines) is 1. The van der Waals surface area contributed by atoms with E-state index in [1.165, 1.54) is 6.07 Å². The van der Waals surface area contributed by atoms with Crippen LogP contribution in [0.25, 0.3) is 0 Å². The van der Waals surface area contributed by atoms with Crippen LogP contribution in [0, 0.1) is 19.7 Å². The average Bonchev–Trinajstić information content (AvgIpc) is 3.05. The van der Waals surface area contributed by atoms with Gasteiger partial charge in [0.25, 0.3) is 5.91 Å². The molecule has 1 aliphatic rings. The van der Waals surface area contributed by atoms with E-state index in [1.807, 2.05) is 31.9 Å². The molecule has 156 valence electrons. The third-order valence-corrected chi connectivity index (χ3v) is 5.70. The van der Waals surface area contributed by atoms with Gasteiger partial charge in [-0.3, -0.25) is 14.5 Å². The van der Waals surface area contributed by atoms with Crippen LogP contribution < -0.4 is 0 Å². The summed E-state index contributed by atoms with van der Waals surface area (Å²) < 4.78 is 15.2. The van der Waals surface area contributed by atoms with Crippen LogP contribution in [0.2, 0.25) is 0 Å². The molecule has 30 heavy (non-hydrogen) atoms. The van der Waals surface area contributed by atoms with Gasteiger partial charge >= 0.3 is 0 Å². The standard InChI is InChI=1S/C24H27FN4O/c1-16-10-19(11-18-6-4-8-21(25)12-18)13-23(26-16)20-7-5-9-29(14-20)24(30)22-15-28(3)27-17(22)2/h4,6,8,10,12-13,15,20H,5,7,9,11,14H2,1-3H3/t20-/m0/s1. The van der Waals surface area contributed by atoms with E-state index < -0.39 is 0 Å². The van der Waals surface area contributed by atoms with Crippen LogP contribution in [-0.4, -0.2) is 38.7 Å². The molecule has 1 atom stereocenters. The number of piperidine rings is 1. The van der Waals surface area contributed by atoms with E-state index in [2.05, 4.69) is 17.2 Å². The number of rotatable bonds is 4. The van der Waals surface area contributed by atoms with Gasteiger partial charge in [-0.2, -0.15) is 5.10 Å². The molecule has 1 saturated heterocycles. The zero-order chi connectivity index (χ0) is 21.3. The van der Waals surface area contributed by atoms with E-state index in [0.29, 0.717) is 18.5 Å². The maximum absolute atomic E-state index is 13.6. The molecule has 6 heteroatoms. The molecule has 5 nitrogen and oxygen atoms in total. The number of halogens is 1. The number of hydrogen-bond donors (Lipinski definition) is 0. The van der Waals surface area contributed by atoms with Crippen molar-refractivity contribution in [2.24, 2.45) is 7.05 Å². The lowest BCUT2D eigenvalue weighted by Crippen LogP contribution is -2.39. The predicted molar refractivity (Wildman–Crippen MR) is 114 cm³/mol. The summed E-state index contributed by atoms with van der Waals surface area (Å²) >= 11 is 0. The Bertz CT molecular complexity index is 1070. The largest absolute Gasteiger partial charge is 0.338 e. The van der Waals surface area contributed by atoms with Gasteiger partial charge in [0.1, 0.15) is 5.82 Å². The monoisotopic (exact) mass is 406 g/mol. The Hall–Kier alpha value is -3.02. The molecule has 0 radical (unpaired) electrons. The normalized spacial score (nSPS) is 16.7. The molecule has 0 aliphatic carbocycles. The topological polar surface area (TPSA) is 51.0 Å². The first-order chi connectivity index (χ1) is 14.4. The fourth-order valence-corrected chi connectivity index (χ4v) is 4.34. The SMILES string of the molecule is Cc1cc(Cc2cccc(F)c2)cc([C@H]2CCCN(C(=O)c3cn(C)nc3C)C2)n1. The van der Waals surface area contributed by atoms with Crippen LogP contribution in [0.1, 0.15) is 57.3 Å². The van der Waals surface area contributed by atoms with Crippen molar-refractivity contribution in [2.45, 2.75) is 39.0 Å². The van der Waals surface area contributed by atoms with Crippen LogP contribution in [0.3, 0.4) is 0 Å². The first kappa shape index (κ1) is 20.3. The van der Waals surface area contributed by atoms with E-state index >= 15 is 0 Å². The number of hydrogen-bond acceptors (Lipinski definition) is 3. The Balaban J connectivity index is 1.54. The highest BCUT2D eigenvalue weighted by Gasteiger charge is 2.28. The molecule has 1 amide bonds. The second-order valence-electron chi connectivity index (χ2n) is 8.24. The second-order valence-corrected chi connectivity index (χ2v) is 8.24. The number of aromatic nitrogens is 3. The third-order valence-electron chi connectivity index (χ3n) is 5.70. The molecular formula is C24H27FN4O. The van der Waals surface area contributed by atoms with Gasteiger partial charge in [-0.1, -0.05) is 12.1 Å². The molecular weight excluding hydrogens is 379 g/mol. The lowest BCUT2D eigenvalue weighted by atomic mass is 9.92. The van der Waals surface area contributed by atoms with Gasteiger partial charge in [0.15, 0.2) is 0 Å². The third kappa shape index (κ3) is 4.42. The minimum absolute atomic E-state index is 0.0398. The summed E-state index contributed by atoms with van der Waals surface area (Å²) in [5.74, 6) is 0.0226. The van der Waals surface area contributed by atoms with Crippen molar-refractivity contribution >= 4 is 5.91 Å².